The number of benzene rings is 1. The molecule has 2 heterocycles. The van der Waals surface area contributed by atoms with E-state index >= 15 is 0 Å². The molecule has 1 aliphatic rings. The van der Waals surface area contributed by atoms with E-state index in [1.165, 1.54) is 15.2 Å². The monoisotopic (exact) mass is 436 g/mol. The molecule has 1 aromatic heterocycles. The van der Waals surface area contributed by atoms with Crippen LogP contribution in [0.15, 0.2) is 24.3 Å². The summed E-state index contributed by atoms with van der Waals surface area (Å²) in [6.07, 6.45) is 2.68. The summed E-state index contributed by atoms with van der Waals surface area (Å²) in [5.74, 6) is 1.34. The fourth-order valence-electron chi connectivity index (χ4n) is 3.60. The fourth-order valence-corrected chi connectivity index (χ4v) is 4.47. The number of ether oxygens (including phenoxy) is 2. The first kappa shape index (κ1) is 22.1. The van der Waals surface area contributed by atoms with E-state index in [0.717, 1.165) is 18.4 Å². The fraction of sp³-hybridized carbons (Fsp3) is 0.500. The van der Waals surface area contributed by atoms with Crippen molar-refractivity contribution in [2.24, 2.45) is 13.0 Å². The van der Waals surface area contributed by atoms with E-state index in [1.54, 1.807) is 39.5 Å². The Morgan fingerprint density at radius 3 is 2.50 bits per heavy atom. The normalized spacial score (nSPS) is 15.7. The van der Waals surface area contributed by atoms with E-state index in [4.69, 9.17) is 9.47 Å². The number of piperidine rings is 1. The van der Waals surface area contributed by atoms with Crippen molar-refractivity contribution in [1.82, 2.24) is 19.4 Å². The Morgan fingerprint density at radius 2 is 1.90 bits per heavy atom. The number of carbonyl (C=O) groups is 1. The SMILES string of the molecule is COc1ccc(OC)c(-c2cc(C(=O)NCC3CCN(S(C)(=O)=O)CC3)n(C)n2)c1. The van der Waals surface area contributed by atoms with Crippen molar-refractivity contribution in [3.05, 3.63) is 30.0 Å². The Hall–Kier alpha value is -2.59. The molecule has 2 aromatic rings. The predicted octanol–water partition coefficient (Wildman–Crippen LogP) is 1.51. The highest BCUT2D eigenvalue weighted by Gasteiger charge is 2.25. The van der Waals surface area contributed by atoms with Crippen LogP contribution >= 0.6 is 0 Å². The summed E-state index contributed by atoms with van der Waals surface area (Å²) >= 11 is 0. The Labute approximate surface area is 177 Å². The van der Waals surface area contributed by atoms with Crippen molar-refractivity contribution >= 4 is 15.9 Å². The van der Waals surface area contributed by atoms with Gasteiger partial charge in [0.15, 0.2) is 0 Å². The largest absolute Gasteiger partial charge is 0.497 e. The molecular formula is C20H28N4O5S. The van der Waals surface area contributed by atoms with Crippen LogP contribution in [0.5, 0.6) is 11.5 Å². The average Bonchev–Trinajstić information content (AvgIpc) is 3.12. The van der Waals surface area contributed by atoms with Gasteiger partial charge in [0.2, 0.25) is 10.0 Å². The first-order valence-corrected chi connectivity index (χ1v) is 11.6. The van der Waals surface area contributed by atoms with E-state index in [-0.39, 0.29) is 11.8 Å². The maximum absolute atomic E-state index is 12.7. The molecule has 1 aliphatic heterocycles. The Bertz CT molecular complexity index is 1010. The van der Waals surface area contributed by atoms with Gasteiger partial charge in [-0.1, -0.05) is 0 Å². The number of aromatic nitrogens is 2. The van der Waals surface area contributed by atoms with Crippen LogP contribution in [0.25, 0.3) is 11.3 Å². The van der Waals surface area contributed by atoms with Gasteiger partial charge in [-0.15, -0.1) is 0 Å². The zero-order valence-corrected chi connectivity index (χ0v) is 18.5. The maximum Gasteiger partial charge on any atom is 0.269 e. The number of amides is 1. The van der Waals surface area contributed by atoms with Crippen LogP contribution in [0.1, 0.15) is 23.3 Å². The highest BCUT2D eigenvalue weighted by Crippen LogP contribution is 2.33. The van der Waals surface area contributed by atoms with Gasteiger partial charge in [0.25, 0.3) is 5.91 Å². The third kappa shape index (κ3) is 4.93. The zero-order valence-electron chi connectivity index (χ0n) is 17.7. The summed E-state index contributed by atoms with van der Waals surface area (Å²) in [5, 5.41) is 7.42. The highest BCUT2D eigenvalue weighted by molar-refractivity contribution is 7.88. The predicted molar refractivity (Wildman–Crippen MR) is 113 cm³/mol. The first-order chi connectivity index (χ1) is 14.2. The second-order valence-electron chi connectivity index (χ2n) is 7.42. The Morgan fingerprint density at radius 1 is 1.20 bits per heavy atom. The molecule has 10 heteroatoms. The molecule has 0 saturated carbocycles. The lowest BCUT2D eigenvalue weighted by molar-refractivity contribution is 0.0932. The summed E-state index contributed by atoms with van der Waals surface area (Å²) in [4.78, 5) is 12.7. The molecule has 0 bridgehead atoms. The number of aryl methyl sites for hydroxylation is 1. The number of rotatable bonds is 7. The molecule has 1 amide bonds. The summed E-state index contributed by atoms with van der Waals surface area (Å²) < 4.78 is 37.0. The van der Waals surface area contributed by atoms with E-state index in [9.17, 15) is 13.2 Å². The lowest BCUT2D eigenvalue weighted by atomic mass is 9.98. The van der Waals surface area contributed by atoms with E-state index in [1.807, 2.05) is 6.07 Å². The molecule has 0 spiro atoms. The Kier molecular flexibility index (Phi) is 6.67. The van der Waals surface area contributed by atoms with Gasteiger partial charge in [0, 0.05) is 32.2 Å². The van der Waals surface area contributed by atoms with E-state index in [0.29, 0.717) is 42.5 Å². The van der Waals surface area contributed by atoms with Gasteiger partial charge >= 0.3 is 0 Å². The summed E-state index contributed by atoms with van der Waals surface area (Å²) in [6, 6.07) is 7.14. The molecule has 0 radical (unpaired) electrons. The number of sulfonamides is 1. The van der Waals surface area contributed by atoms with Crippen LogP contribution in [0.3, 0.4) is 0 Å². The number of carbonyl (C=O) groups excluding carboxylic acids is 1. The van der Waals surface area contributed by atoms with Gasteiger partial charge in [0.1, 0.15) is 17.2 Å². The van der Waals surface area contributed by atoms with Gasteiger partial charge in [-0.05, 0) is 43.0 Å². The molecule has 0 unspecified atom stereocenters. The van der Waals surface area contributed by atoms with Crippen LogP contribution in [0, 0.1) is 5.92 Å². The molecule has 1 saturated heterocycles. The maximum atomic E-state index is 12.7. The molecule has 1 N–H and O–H groups in total. The molecule has 0 atom stereocenters. The minimum absolute atomic E-state index is 0.219. The summed E-state index contributed by atoms with van der Waals surface area (Å²) in [5.41, 5.74) is 1.78. The third-order valence-corrected chi connectivity index (χ3v) is 6.69. The van der Waals surface area contributed by atoms with E-state index < -0.39 is 10.0 Å². The number of methoxy groups -OCH3 is 2. The topological polar surface area (TPSA) is 103 Å². The van der Waals surface area contributed by atoms with Crippen LogP contribution in [0.4, 0.5) is 0 Å². The third-order valence-electron chi connectivity index (χ3n) is 5.39. The summed E-state index contributed by atoms with van der Waals surface area (Å²) in [6.45, 7) is 1.48. The van der Waals surface area contributed by atoms with Gasteiger partial charge in [-0.25, -0.2) is 12.7 Å². The quantitative estimate of drug-likeness (QED) is 0.706. The molecule has 30 heavy (non-hydrogen) atoms. The lowest BCUT2D eigenvalue weighted by Gasteiger charge is -2.30. The van der Waals surface area contributed by atoms with E-state index in [2.05, 4.69) is 10.4 Å². The van der Waals surface area contributed by atoms with Crippen molar-refractivity contribution in [2.75, 3.05) is 40.1 Å². The average molecular weight is 437 g/mol. The van der Waals surface area contributed by atoms with Gasteiger partial charge in [-0.3, -0.25) is 9.48 Å². The van der Waals surface area contributed by atoms with Crippen molar-refractivity contribution in [1.29, 1.82) is 0 Å². The zero-order chi connectivity index (χ0) is 21.9. The van der Waals surface area contributed by atoms with Crippen LogP contribution in [-0.2, 0) is 17.1 Å². The van der Waals surface area contributed by atoms with Crippen molar-refractivity contribution < 1.29 is 22.7 Å². The smallest absolute Gasteiger partial charge is 0.269 e. The number of nitrogens with zero attached hydrogens (tertiary/aromatic N) is 3. The van der Waals surface area contributed by atoms with Gasteiger partial charge in [0.05, 0.1) is 26.2 Å². The van der Waals surface area contributed by atoms with Crippen molar-refractivity contribution in [2.45, 2.75) is 12.8 Å². The number of nitrogens with one attached hydrogen (secondary N) is 1. The molecule has 3 rings (SSSR count). The first-order valence-electron chi connectivity index (χ1n) is 9.72. The second kappa shape index (κ2) is 9.05. The van der Waals surface area contributed by atoms with Crippen LogP contribution < -0.4 is 14.8 Å². The Balaban J connectivity index is 1.67. The molecular weight excluding hydrogens is 408 g/mol. The molecule has 1 aromatic carbocycles. The van der Waals surface area contributed by atoms with Gasteiger partial charge in [-0.2, -0.15) is 5.10 Å². The van der Waals surface area contributed by atoms with Crippen molar-refractivity contribution in [3.63, 3.8) is 0 Å². The van der Waals surface area contributed by atoms with Crippen LogP contribution in [0.2, 0.25) is 0 Å². The van der Waals surface area contributed by atoms with Crippen molar-refractivity contribution in [3.8, 4) is 22.8 Å². The molecule has 164 valence electrons. The summed E-state index contributed by atoms with van der Waals surface area (Å²) in [7, 11) is 1.74. The lowest BCUT2D eigenvalue weighted by Crippen LogP contribution is -2.41. The highest BCUT2D eigenvalue weighted by atomic mass is 32.2. The second-order valence-corrected chi connectivity index (χ2v) is 9.40. The number of hydrogen-bond donors (Lipinski definition) is 1. The minimum Gasteiger partial charge on any atom is -0.497 e. The molecule has 1 fully saturated rings. The standard InChI is InChI=1S/C20H28N4O5S/c1-23-18(12-17(22-23)16-11-15(28-2)5-6-19(16)29-3)20(25)21-13-14-7-9-24(10-8-14)30(4,26)27/h5-6,11-12,14H,7-10,13H2,1-4H3,(H,21,25). The number of hydrogen-bond acceptors (Lipinski definition) is 6. The molecule has 9 nitrogen and oxygen atoms in total. The minimum atomic E-state index is -3.15. The van der Waals surface area contributed by atoms with Gasteiger partial charge < -0.3 is 14.8 Å². The molecule has 0 aliphatic carbocycles. The van der Waals surface area contributed by atoms with Crippen LogP contribution in [-0.4, -0.2) is 68.5 Å².